The number of carboxylic acid groups (broad SMARTS) is 1. The van der Waals surface area contributed by atoms with Crippen LogP contribution in [0.3, 0.4) is 0 Å². The van der Waals surface area contributed by atoms with Crippen molar-refractivity contribution in [1.82, 2.24) is 10.6 Å². The molecule has 0 aromatic carbocycles. The van der Waals surface area contributed by atoms with Crippen molar-refractivity contribution in [2.24, 2.45) is 5.92 Å². The summed E-state index contributed by atoms with van der Waals surface area (Å²) in [6.45, 7) is 6.70. The van der Waals surface area contributed by atoms with E-state index in [-0.39, 0.29) is 11.9 Å². The second-order valence-electron chi connectivity index (χ2n) is 6.40. The minimum absolute atomic E-state index is 0.231. The van der Waals surface area contributed by atoms with E-state index < -0.39 is 12.0 Å². The molecule has 0 bridgehead atoms. The Balaban J connectivity index is 3.61. The van der Waals surface area contributed by atoms with Crippen molar-refractivity contribution in [3.63, 3.8) is 0 Å². The van der Waals surface area contributed by atoms with Crippen LogP contribution in [0.2, 0.25) is 0 Å². The van der Waals surface area contributed by atoms with Gasteiger partial charge in [-0.15, -0.1) is 0 Å². The molecule has 0 aromatic rings. The highest BCUT2D eigenvalue weighted by atomic mass is 16.4. The van der Waals surface area contributed by atoms with Gasteiger partial charge in [0.1, 0.15) is 6.04 Å². The first kappa shape index (κ1) is 20.7. The largest absolute Gasteiger partial charge is 0.480 e. The quantitative estimate of drug-likeness (QED) is 0.451. The van der Waals surface area contributed by atoms with Crippen LogP contribution in [0, 0.1) is 5.92 Å². The fraction of sp³-hybridized carbons (Fsp3) is 0.882. The molecule has 0 saturated heterocycles. The van der Waals surface area contributed by atoms with Crippen molar-refractivity contribution in [3.8, 4) is 0 Å². The van der Waals surface area contributed by atoms with Crippen LogP contribution in [0.25, 0.3) is 0 Å². The molecule has 0 aromatic heterocycles. The zero-order chi connectivity index (χ0) is 16.8. The van der Waals surface area contributed by atoms with E-state index in [0.717, 1.165) is 12.8 Å². The predicted molar refractivity (Wildman–Crippen MR) is 90.0 cm³/mol. The molecule has 22 heavy (non-hydrogen) atoms. The number of nitrogens with one attached hydrogen (secondary N) is 2. The molecule has 0 heterocycles. The number of unbranched alkanes of at least 4 members (excludes halogenated alkanes) is 7. The summed E-state index contributed by atoms with van der Waals surface area (Å²) in [4.78, 5) is 22.7. The number of rotatable bonds is 13. The van der Waals surface area contributed by atoms with Gasteiger partial charge in [-0.3, -0.25) is 0 Å². The number of carbonyl (C=O) groups excluding carboxylic acids is 1. The molecular formula is C17H34N2O3. The first-order valence-electron chi connectivity index (χ1n) is 8.74. The predicted octanol–water partition coefficient (Wildman–Crippen LogP) is 3.93. The van der Waals surface area contributed by atoms with Gasteiger partial charge in [-0.2, -0.15) is 0 Å². The van der Waals surface area contributed by atoms with Crippen LogP contribution >= 0.6 is 0 Å². The van der Waals surface area contributed by atoms with E-state index in [1.54, 1.807) is 0 Å². The number of hydrogen-bond acceptors (Lipinski definition) is 2. The molecule has 3 N–H and O–H groups in total. The summed E-state index contributed by atoms with van der Waals surface area (Å²) in [7, 11) is 0. The summed E-state index contributed by atoms with van der Waals surface area (Å²) in [6, 6.07) is -1.19. The normalized spacial score (nSPS) is 12.2. The molecule has 0 rings (SSSR count). The topological polar surface area (TPSA) is 78.4 Å². The molecular weight excluding hydrogens is 280 g/mol. The van der Waals surface area contributed by atoms with Crippen molar-refractivity contribution in [2.75, 3.05) is 6.54 Å². The fourth-order valence-electron chi connectivity index (χ4n) is 2.36. The lowest BCUT2D eigenvalue weighted by molar-refractivity contribution is -0.139. The standard InChI is InChI=1S/C17H34N2O3/c1-4-5-6-7-8-9-10-11-12-18-17(22)19-15(16(20)21)13-14(2)3/h14-15H,4-13H2,1-3H3,(H,20,21)(H2,18,19,22). The lowest BCUT2D eigenvalue weighted by Crippen LogP contribution is -2.46. The summed E-state index contributed by atoms with van der Waals surface area (Å²) in [5.74, 6) is -0.745. The van der Waals surface area contributed by atoms with E-state index in [1.165, 1.54) is 38.5 Å². The number of carboxylic acids is 1. The van der Waals surface area contributed by atoms with Crippen LogP contribution in [0.1, 0.15) is 78.6 Å². The van der Waals surface area contributed by atoms with Gasteiger partial charge in [0.15, 0.2) is 0 Å². The molecule has 0 aliphatic rings. The highest BCUT2D eigenvalue weighted by Crippen LogP contribution is 2.08. The Morgan fingerprint density at radius 3 is 2.00 bits per heavy atom. The summed E-state index contributed by atoms with van der Waals surface area (Å²) >= 11 is 0. The third-order valence-corrected chi connectivity index (χ3v) is 3.63. The van der Waals surface area contributed by atoms with Crippen LogP contribution in [0.15, 0.2) is 0 Å². The van der Waals surface area contributed by atoms with Gasteiger partial charge in [-0.25, -0.2) is 9.59 Å². The smallest absolute Gasteiger partial charge is 0.326 e. The average molecular weight is 314 g/mol. The van der Waals surface area contributed by atoms with Crippen LogP contribution in [-0.2, 0) is 4.79 Å². The zero-order valence-corrected chi connectivity index (χ0v) is 14.5. The Hall–Kier alpha value is -1.26. The molecule has 5 nitrogen and oxygen atoms in total. The summed E-state index contributed by atoms with van der Waals surface area (Å²) in [5, 5.41) is 14.3. The van der Waals surface area contributed by atoms with Gasteiger partial charge < -0.3 is 15.7 Å². The Bertz CT molecular complexity index is 306. The Morgan fingerprint density at radius 2 is 1.50 bits per heavy atom. The Morgan fingerprint density at radius 1 is 0.955 bits per heavy atom. The third-order valence-electron chi connectivity index (χ3n) is 3.63. The molecule has 1 atom stereocenters. The maximum atomic E-state index is 11.7. The highest BCUT2D eigenvalue weighted by molar-refractivity contribution is 5.82. The molecule has 0 fully saturated rings. The van der Waals surface area contributed by atoms with E-state index in [2.05, 4.69) is 17.6 Å². The van der Waals surface area contributed by atoms with E-state index in [0.29, 0.717) is 13.0 Å². The number of amides is 2. The molecule has 0 saturated carbocycles. The van der Waals surface area contributed by atoms with Crippen LogP contribution in [0.5, 0.6) is 0 Å². The average Bonchev–Trinajstić information content (AvgIpc) is 2.44. The lowest BCUT2D eigenvalue weighted by Gasteiger charge is -2.16. The van der Waals surface area contributed by atoms with Gasteiger partial charge in [-0.1, -0.05) is 65.7 Å². The Kier molecular flexibility index (Phi) is 12.6. The van der Waals surface area contributed by atoms with Crippen molar-refractivity contribution < 1.29 is 14.7 Å². The molecule has 0 aliphatic carbocycles. The van der Waals surface area contributed by atoms with Gasteiger partial charge >= 0.3 is 12.0 Å². The van der Waals surface area contributed by atoms with Gasteiger partial charge in [-0.05, 0) is 18.8 Å². The van der Waals surface area contributed by atoms with E-state index in [1.807, 2.05) is 13.8 Å². The minimum Gasteiger partial charge on any atom is -0.480 e. The van der Waals surface area contributed by atoms with Gasteiger partial charge in [0.05, 0.1) is 0 Å². The SMILES string of the molecule is CCCCCCCCCCNC(=O)NC(CC(C)C)C(=O)O. The number of urea groups is 1. The van der Waals surface area contributed by atoms with Crippen molar-refractivity contribution >= 4 is 12.0 Å². The monoisotopic (exact) mass is 314 g/mol. The molecule has 130 valence electrons. The second kappa shape index (κ2) is 13.4. The fourth-order valence-corrected chi connectivity index (χ4v) is 2.36. The van der Waals surface area contributed by atoms with Crippen LogP contribution in [-0.4, -0.2) is 29.7 Å². The number of carbonyl (C=O) groups is 2. The minimum atomic E-state index is -0.976. The highest BCUT2D eigenvalue weighted by Gasteiger charge is 2.20. The molecule has 2 amide bonds. The lowest BCUT2D eigenvalue weighted by atomic mass is 10.0. The van der Waals surface area contributed by atoms with Crippen molar-refractivity contribution in [1.29, 1.82) is 0 Å². The first-order chi connectivity index (χ1) is 10.5. The molecule has 0 aliphatic heterocycles. The summed E-state index contributed by atoms with van der Waals surface area (Å²) in [6.07, 6.45) is 10.2. The molecule has 1 unspecified atom stereocenters. The molecule has 0 radical (unpaired) electrons. The Labute approximate surface area is 135 Å². The van der Waals surface area contributed by atoms with Crippen molar-refractivity contribution in [2.45, 2.75) is 84.6 Å². The first-order valence-corrected chi connectivity index (χ1v) is 8.74. The van der Waals surface area contributed by atoms with Gasteiger partial charge in [0.25, 0.3) is 0 Å². The maximum absolute atomic E-state index is 11.7. The van der Waals surface area contributed by atoms with Crippen LogP contribution in [0.4, 0.5) is 4.79 Å². The van der Waals surface area contributed by atoms with E-state index in [9.17, 15) is 9.59 Å². The third kappa shape index (κ3) is 12.5. The number of aliphatic carboxylic acids is 1. The van der Waals surface area contributed by atoms with Crippen LogP contribution < -0.4 is 10.6 Å². The van der Waals surface area contributed by atoms with E-state index >= 15 is 0 Å². The van der Waals surface area contributed by atoms with E-state index in [4.69, 9.17) is 5.11 Å². The summed E-state index contributed by atoms with van der Waals surface area (Å²) in [5.41, 5.74) is 0. The molecule has 0 spiro atoms. The van der Waals surface area contributed by atoms with Gasteiger partial charge in [0.2, 0.25) is 0 Å². The second-order valence-corrected chi connectivity index (χ2v) is 6.40. The molecule has 5 heteroatoms. The zero-order valence-electron chi connectivity index (χ0n) is 14.5. The summed E-state index contributed by atoms with van der Waals surface area (Å²) < 4.78 is 0. The number of hydrogen-bond donors (Lipinski definition) is 3. The van der Waals surface area contributed by atoms with Crippen molar-refractivity contribution in [3.05, 3.63) is 0 Å². The maximum Gasteiger partial charge on any atom is 0.326 e. The van der Waals surface area contributed by atoms with Gasteiger partial charge in [0, 0.05) is 6.54 Å².